The number of halogens is 7. The predicted molar refractivity (Wildman–Crippen MR) is 135 cm³/mol. The maximum Gasteiger partial charge on any atom is 0.420 e. The first kappa shape index (κ1) is 31.2. The van der Waals surface area contributed by atoms with Crippen molar-refractivity contribution in [3.8, 4) is 5.75 Å². The monoisotopic (exact) mass is 590 g/mol. The van der Waals surface area contributed by atoms with E-state index in [-0.39, 0.29) is 24.8 Å². The molecule has 2 aromatic carbocycles. The van der Waals surface area contributed by atoms with Crippen molar-refractivity contribution < 1.29 is 49.8 Å². The van der Waals surface area contributed by atoms with Gasteiger partial charge in [0, 0.05) is 42.3 Å². The molecule has 2 aromatic rings. The number of hydrogen-bond acceptors (Lipinski definition) is 6. The van der Waals surface area contributed by atoms with Crippen molar-refractivity contribution in [3.63, 3.8) is 0 Å². The number of rotatable bonds is 7. The zero-order valence-electron chi connectivity index (χ0n) is 21.9. The maximum atomic E-state index is 14.1. The van der Waals surface area contributed by atoms with Crippen LogP contribution >= 0.6 is 0 Å². The van der Waals surface area contributed by atoms with Crippen molar-refractivity contribution in [2.75, 3.05) is 25.0 Å². The fourth-order valence-corrected chi connectivity index (χ4v) is 3.90. The molecule has 2 N–H and O–H groups in total. The molecule has 1 unspecified atom stereocenters. The van der Waals surface area contributed by atoms with Gasteiger partial charge < -0.3 is 20.1 Å². The number of aliphatic imine (C=N–C) groups is 1. The zero-order chi connectivity index (χ0) is 30.7. The van der Waals surface area contributed by atoms with Crippen LogP contribution in [0.15, 0.2) is 47.6 Å². The van der Waals surface area contributed by atoms with Crippen molar-refractivity contribution in [1.82, 2.24) is 4.90 Å². The van der Waals surface area contributed by atoms with Gasteiger partial charge in [-0.1, -0.05) is 0 Å². The van der Waals surface area contributed by atoms with Crippen LogP contribution in [-0.2, 0) is 17.1 Å². The molecule has 222 valence electrons. The number of hydrogen-bond donors (Lipinski definition) is 1. The van der Waals surface area contributed by atoms with Gasteiger partial charge in [0.25, 0.3) is 0 Å². The second-order valence-corrected chi connectivity index (χ2v) is 9.21. The Labute approximate surface area is 229 Å². The summed E-state index contributed by atoms with van der Waals surface area (Å²) >= 11 is 0. The Hall–Kier alpha value is -4.30. The molecule has 2 amide bonds. The molecule has 0 bridgehead atoms. The van der Waals surface area contributed by atoms with Gasteiger partial charge in [-0.2, -0.15) is 26.3 Å². The third-order valence-electron chi connectivity index (χ3n) is 5.82. The summed E-state index contributed by atoms with van der Waals surface area (Å²) in [4.78, 5) is 30.8. The van der Waals surface area contributed by atoms with E-state index < -0.39 is 70.5 Å². The van der Waals surface area contributed by atoms with Crippen LogP contribution in [0.1, 0.15) is 30.5 Å². The van der Waals surface area contributed by atoms with Crippen LogP contribution in [0.25, 0.3) is 5.57 Å². The highest BCUT2D eigenvalue weighted by atomic mass is 19.4. The van der Waals surface area contributed by atoms with E-state index in [1.54, 1.807) is 0 Å². The second kappa shape index (κ2) is 12.1. The number of nitrogens with two attached hydrogens (primary N) is 1. The highest BCUT2D eigenvalue weighted by Gasteiger charge is 2.42. The van der Waals surface area contributed by atoms with E-state index >= 15 is 0 Å². The van der Waals surface area contributed by atoms with E-state index in [2.05, 4.69) is 4.99 Å². The number of carbonyl (C=O) groups is 2. The van der Waals surface area contributed by atoms with Crippen LogP contribution in [0.2, 0.25) is 0 Å². The number of cyclic esters (lactones) is 1. The molecule has 1 heterocycles. The minimum atomic E-state index is -5.40. The van der Waals surface area contributed by atoms with Crippen LogP contribution in [0, 0.1) is 5.82 Å². The number of allylic oxidation sites excluding steroid dienone is 1. The molecule has 3 rings (SSSR count). The molecule has 0 saturated carbocycles. The average molecular weight is 590 g/mol. The molecule has 1 aliphatic heterocycles. The Morgan fingerprint density at radius 1 is 1.17 bits per heavy atom. The largest absolute Gasteiger partial charge is 0.442 e. The first-order chi connectivity index (χ1) is 19.0. The van der Waals surface area contributed by atoms with Crippen LogP contribution in [-0.4, -0.2) is 55.6 Å². The number of likely N-dealkylation sites (N-methyl/N-ethyl adjacent to an activating group) is 1. The molecule has 1 fully saturated rings. The van der Waals surface area contributed by atoms with E-state index in [1.807, 2.05) is 0 Å². The van der Waals surface area contributed by atoms with E-state index in [9.17, 15) is 40.3 Å². The number of alkyl halides is 6. The third kappa shape index (κ3) is 7.46. The standard InChI is InChI=1S/C26H25F7N4O4/c1-14(2)37(18-6-4-17(27)5-7-18)24(39)41-22-20(8-16(25(28,29)30)9-21(22)26(31,32)33)15(10-34)11-35-12-19-13-36(3)23(38)40-19/h4-11,14,19H,12-13,34H2,1-3H3/b15-10+,35-11?. The quantitative estimate of drug-likeness (QED) is 0.311. The third-order valence-corrected chi connectivity index (χ3v) is 5.82. The lowest BCUT2D eigenvalue weighted by atomic mass is 9.98. The van der Waals surface area contributed by atoms with Crippen LogP contribution < -0.4 is 15.4 Å². The second-order valence-electron chi connectivity index (χ2n) is 9.21. The SMILES string of the molecule is CC(C)N(C(=O)Oc1c(/C(C=NCC2CN(C)C(=O)O2)=C/N)cc(C(F)(F)F)cc1C(F)(F)F)c1ccc(F)cc1. The van der Waals surface area contributed by atoms with Gasteiger partial charge in [-0.25, -0.2) is 14.0 Å². The van der Waals surface area contributed by atoms with Gasteiger partial charge in [0.05, 0.1) is 24.2 Å². The van der Waals surface area contributed by atoms with Gasteiger partial charge >= 0.3 is 24.5 Å². The van der Waals surface area contributed by atoms with Crippen molar-refractivity contribution in [2.24, 2.45) is 10.7 Å². The van der Waals surface area contributed by atoms with E-state index in [4.69, 9.17) is 15.2 Å². The normalized spacial score (nSPS) is 16.5. The van der Waals surface area contributed by atoms with Crippen molar-refractivity contribution in [2.45, 2.75) is 38.3 Å². The Morgan fingerprint density at radius 2 is 1.80 bits per heavy atom. The summed E-state index contributed by atoms with van der Waals surface area (Å²) in [6, 6.07) is 3.83. The molecule has 41 heavy (non-hydrogen) atoms. The summed E-state index contributed by atoms with van der Waals surface area (Å²) in [5.41, 5.74) is 0.793. The summed E-state index contributed by atoms with van der Waals surface area (Å²) < 4.78 is 107. The van der Waals surface area contributed by atoms with Gasteiger partial charge in [-0.3, -0.25) is 9.89 Å². The molecule has 0 radical (unpaired) electrons. The molecule has 1 atom stereocenters. The number of amides is 2. The number of ether oxygens (including phenoxy) is 2. The van der Waals surface area contributed by atoms with Crippen LogP contribution in [0.5, 0.6) is 5.75 Å². The minimum Gasteiger partial charge on any atom is -0.442 e. The summed E-state index contributed by atoms with van der Waals surface area (Å²) in [6.07, 6.45) is -11.8. The van der Waals surface area contributed by atoms with Gasteiger partial charge in [0.1, 0.15) is 11.9 Å². The molecule has 8 nitrogen and oxygen atoms in total. The molecule has 0 aromatic heterocycles. The number of carbonyl (C=O) groups excluding carboxylic acids is 2. The van der Waals surface area contributed by atoms with Crippen molar-refractivity contribution >= 4 is 29.7 Å². The first-order valence-electron chi connectivity index (χ1n) is 12.0. The van der Waals surface area contributed by atoms with E-state index in [1.165, 1.54) is 37.9 Å². The average Bonchev–Trinajstić information content (AvgIpc) is 3.18. The van der Waals surface area contributed by atoms with Gasteiger partial charge in [-0.15, -0.1) is 0 Å². The lowest BCUT2D eigenvalue weighted by Crippen LogP contribution is -2.39. The topological polar surface area (TPSA) is 97.5 Å². The number of benzene rings is 2. The smallest absolute Gasteiger partial charge is 0.420 e. The van der Waals surface area contributed by atoms with Crippen LogP contribution in [0.4, 0.5) is 46.0 Å². The molecule has 15 heteroatoms. The minimum absolute atomic E-state index is 0.0562. The predicted octanol–water partition coefficient (Wildman–Crippen LogP) is 6.10. The lowest BCUT2D eigenvalue weighted by Gasteiger charge is -2.27. The molecular formula is C26H25F7N4O4. The molecular weight excluding hydrogens is 565 g/mol. The lowest BCUT2D eigenvalue weighted by molar-refractivity contribution is -0.143. The molecule has 0 aliphatic carbocycles. The summed E-state index contributed by atoms with van der Waals surface area (Å²) in [5.74, 6) is -1.90. The Balaban J connectivity index is 2.11. The fourth-order valence-electron chi connectivity index (χ4n) is 3.90. The molecule has 0 spiro atoms. The zero-order valence-corrected chi connectivity index (χ0v) is 21.9. The number of anilines is 1. The molecule has 1 saturated heterocycles. The number of nitrogens with zero attached hydrogens (tertiary/aromatic N) is 3. The van der Waals surface area contributed by atoms with Gasteiger partial charge in [0.2, 0.25) is 0 Å². The fraction of sp³-hybridized carbons (Fsp3) is 0.346. The highest BCUT2D eigenvalue weighted by Crippen LogP contribution is 2.44. The van der Waals surface area contributed by atoms with Gasteiger partial charge in [0.15, 0.2) is 5.75 Å². The maximum absolute atomic E-state index is 14.1. The van der Waals surface area contributed by atoms with E-state index in [0.29, 0.717) is 12.3 Å². The molecule has 1 aliphatic rings. The Bertz CT molecular complexity index is 1340. The Morgan fingerprint density at radius 3 is 2.29 bits per heavy atom. The summed E-state index contributed by atoms with van der Waals surface area (Å²) in [7, 11) is 1.46. The highest BCUT2D eigenvalue weighted by molar-refractivity contribution is 6.11. The van der Waals surface area contributed by atoms with E-state index in [0.717, 1.165) is 23.2 Å². The first-order valence-corrected chi connectivity index (χ1v) is 12.0. The Kier molecular flexibility index (Phi) is 9.19. The van der Waals surface area contributed by atoms with Gasteiger partial charge in [-0.05, 0) is 50.2 Å². The summed E-state index contributed by atoms with van der Waals surface area (Å²) in [6.45, 7) is 2.96. The van der Waals surface area contributed by atoms with Crippen LogP contribution in [0.3, 0.4) is 0 Å². The van der Waals surface area contributed by atoms with Crippen molar-refractivity contribution in [1.29, 1.82) is 0 Å². The van der Waals surface area contributed by atoms with Crippen molar-refractivity contribution in [3.05, 3.63) is 65.1 Å². The summed E-state index contributed by atoms with van der Waals surface area (Å²) in [5, 5.41) is 0.